The number of aryl methyl sites for hydroxylation is 1. The molecule has 1 unspecified atom stereocenters. The molecule has 0 amide bonds. The highest BCUT2D eigenvalue weighted by atomic mass is 32.2. The summed E-state index contributed by atoms with van der Waals surface area (Å²) in [6.07, 6.45) is 0.702. The van der Waals surface area contributed by atoms with Gasteiger partial charge in [-0.3, -0.25) is 9.82 Å². The Balaban J connectivity index is 1.85. The molecule has 0 spiro atoms. The van der Waals surface area contributed by atoms with E-state index in [0.717, 1.165) is 23.3 Å². The third kappa shape index (κ3) is 4.93. The lowest BCUT2D eigenvalue weighted by molar-refractivity contribution is -0.137. The minimum atomic E-state index is -4.45. The normalized spacial score (nSPS) is 18.4. The molecule has 0 saturated carbocycles. The van der Waals surface area contributed by atoms with E-state index in [0.29, 0.717) is 16.8 Å². The molecule has 0 aliphatic heterocycles. The summed E-state index contributed by atoms with van der Waals surface area (Å²) in [6.45, 7) is 1.71. The fraction of sp³-hybridized carbons (Fsp3) is 0.192. The average Bonchev–Trinajstić information content (AvgIpc) is 2.83. The third-order valence-corrected chi connectivity index (χ3v) is 7.70. The van der Waals surface area contributed by atoms with E-state index in [1.165, 1.54) is 19.2 Å². The molecule has 1 aliphatic rings. The van der Waals surface area contributed by atoms with E-state index in [1.54, 1.807) is 31.2 Å². The second kappa shape index (κ2) is 9.41. The Labute approximate surface area is 202 Å². The first-order chi connectivity index (χ1) is 16.6. The summed E-state index contributed by atoms with van der Waals surface area (Å²) in [7, 11) is -2.93. The zero-order valence-corrected chi connectivity index (χ0v) is 19.8. The highest BCUT2D eigenvalue weighted by Gasteiger charge is 2.47. The molecular formula is C26H23F3N2O3S. The number of sulfonamides is 1. The SMILES string of the molecule is CONS(=O)(=O)C1(c2cc(-c3ccc(C(F)(F)F)cc3)cc(C)n2)C=CC=C(c2ccccc2)C1. The molecule has 1 N–H and O–H groups in total. The maximum absolute atomic E-state index is 13.5. The summed E-state index contributed by atoms with van der Waals surface area (Å²) in [5.74, 6) is 0. The van der Waals surface area contributed by atoms with Gasteiger partial charge in [0.2, 0.25) is 10.0 Å². The van der Waals surface area contributed by atoms with Crippen molar-refractivity contribution in [3.05, 3.63) is 107 Å². The molecule has 35 heavy (non-hydrogen) atoms. The van der Waals surface area contributed by atoms with Crippen LogP contribution < -0.4 is 4.89 Å². The number of halogens is 3. The van der Waals surface area contributed by atoms with E-state index in [1.807, 2.05) is 36.4 Å². The molecule has 182 valence electrons. The summed E-state index contributed by atoms with van der Waals surface area (Å²) < 4.78 is 64.5. The number of benzene rings is 2. The Morgan fingerprint density at radius 2 is 1.66 bits per heavy atom. The maximum Gasteiger partial charge on any atom is 0.416 e. The molecule has 1 aliphatic carbocycles. The zero-order valence-electron chi connectivity index (χ0n) is 19.0. The molecule has 2 aromatic carbocycles. The Kier molecular flexibility index (Phi) is 6.68. The van der Waals surface area contributed by atoms with E-state index >= 15 is 0 Å². The first-order valence-electron chi connectivity index (χ1n) is 10.7. The van der Waals surface area contributed by atoms with Crippen molar-refractivity contribution < 1.29 is 26.4 Å². The van der Waals surface area contributed by atoms with Gasteiger partial charge in [-0.15, -0.1) is 0 Å². The van der Waals surface area contributed by atoms with E-state index in [2.05, 4.69) is 9.87 Å². The number of aromatic nitrogens is 1. The van der Waals surface area contributed by atoms with Crippen molar-refractivity contribution in [3.63, 3.8) is 0 Å². The van der Waals surface area contributed by atoms with Gasteiger partial charge in [0.15, 0.2) is 4.75 Å². The van der Waals surface area contributed by atoms with Gasteiger partial charge in [0.05, 0.1) is 18.4 Å². The monoisotopic (exact) mass is 500 g/mol. The molecule has 4 rings (SSSR count). The number of alkyl halides is 3. The number of pyridine rings is 1. The molecular weight excluding hydrogens is 477 g/mol. The molecule has 0 radical (unpaired) electrons. The highest BCUT2D eigenvalue weighted by molar-refractivity contribution is 7.90. The Hall–Kier alpha value is -3.27. The standard InChI is InChI=1S/C26H23F3N2O3S/c1-18-15-22(20-10-12-23(13-11-20)26(27,28)29)16-24(30-18)25(35(32,33)31-34-2)14-6-9-21(17-25)19-7-4-3-5-8-19/h3-16,31H,17H2,1-2H3. The lowest BCUT2D eigenvalue weighted by atomic mass is 9.86. The van der Waals surface area contributed by atoms with Gasteiger partial charge in [-0.25, -0.2) is 8.42 Å². The van der Waals surface area contributed by atoms with Crippen LogP contribution in [0.5, 0.6) is 0 Å². The van der Waals surface area contributed by atoms with Gasteiger partial charge in [0.1, 0.15) is 0 Å². The fourth-order valence-corrected chi connectivity index (χ4v) is 5.51. The number of allylic oxidation sites excluding steroid dienone is 3. The largest absolute Gasteiger partial charge is 0.416 e. The van der Waals surface area contributed by atoms with Crippen LogP contribution in [0, 0.1) is 6.92 Å². The van der Waals surface area contributed by atoms with Crippen LogP contribution in [0.3, 0.4) is 0 Å². The van der Waals surface area contributed by atoms with Gasteiger partial charge in [0.25, 0.3) is 0 Å². The van der Waals surface area contributed by atoms with Crippen LogP contribution in [0.15, 0.2) is 85.0 Å². The second-order valence-electron chi connectivity index (χ2n) is 8.23. The van der Waals surface area contributed by atoms with Crippen LogP contribution in [0.4, 0.5) is 13.2 Å². The van der Waals surface area contributed by atoms with Crippen LogP contribution in [0.25, 0.3) is 16.7 Å². The predicted molar refractivity (Wildman–Crippen MR) is 128 cm³/mol. The van der Waals surface area contributed by atoms with Gasteiger partial charge in [0, 0.05) is 12.1 Å². The van der Waals surface area contributed by atoms with Crippen molar-refractivity contribution in [2.75, 3.05) is 7.11 Å². The van der Waals surface area contributed by atoms with Crippen LogP contribution in [-0.4, -0.2) is 20.5 Å². The van der Waals surface area contributed by atoms with Crippen molar-refractivity contribution >= 4 is 15.6 Å². The first-order valence-corrected chi connectivity index (χ1v) is 12.2. The van der Waals surface area contributed by atoms with Crippen molar-refractivity contribution in [1.82, 2.24) is 9.87 Å². The minimum Gasteiger partial charge on any atom is -0.290 e. The van der Waals surface area contributed by atoms with E-state index in [-0.39, 0.29) is 12.1 Å². The van der Waals surface area contributed by atoms with Crippen molar-refractivity contribution in [1.29, 1.82) is 0 Å². The molecule has 0 fully saturated rings. The van der Waals surface area contributed by atoms with Crippen molar-refractivity contribution in [2.24, 2.45) is 0 Å². The van der Waals surface area contributed by atoms with Crippen LogP contribution in [-0.2, 0) is 25.8 Å². The lowest BCUT2D eigenvalue weighted by Gasteiger charge is -2.33. The molecule has 1 heterocycles. The summed E-state index contributed by atoms with van der Waals surface area (Å²) in [4.78, 5) is 11.5. The summed E-state index contributed by atoms with van der Waals surface area (Å²) in [5.41, 5.74) is 2.71. The van der Waals surface area contributed by atoms with E-state index < -0.39 is 26.5 Å². The van der Waals surface area contributed by atoms with Gasteiger partial charge in [-0.1, -0.05) is 65.6 Å². The summed E-state index contributed by atoms with van der Waals surface area (Å²) in [5, 5.41) is 0. The molecule has 5 nitrogen and oxygen atoms in total. The predicted octanol–water partition coefficient (Wildman–Crippen LogP) is 5.80. The number of hydrogen-bond acceptors (Lipinski definition) is 4. The number of rotatable bonds is 6. The fourth-order valence-electron chi connectivity index (χ4n) is 4.16. The average molecular weight is 501 g/mol. The lowest BCUT2D eigenvalue weighted by Crippen LogP contribution is -2.44. The van der Waals surface area contributed by atoms with Gasteiger partial charge >= 0.3 is 6.18 Å². The van der Waals surface area contributed by atoms with Gasteiger partial charge < -0.3 is 0 Å². The molecule has 0 saturated heterocycles. The second-order valence-corrected chi connectivity index (χ2v) is 10.1. The highest BCUT2D eigenvalue weighted by Crippen LogP contribution is 2.43. The van der Waals surface area contributed by atoms with E-state index in [4.69, 9.17) is 4.84 Å². The van der Waals surface area contributed by atoms with Gasteiger partial charge in [-0.2, -0.15) is 13.2 Å². The molecule has 1 atom stereocenters. The molecule has 9 heteroatoms. The van der Waals surface area contributed by atoms with Crippen molar-refractivity contribution in [2.45, 2.75) is 24.3 Å². The molecule has 1 aromatic heterocycles. The number of nitrogens with one attached hydrogen (secondary N) is 1. The Morgan fingerprint density at radius 1 is 0.971 bits per heavy atom. The quantitative estimate of drug-likeness (QED) is 0.435. The van der Waals surface area contributed by atoms with Crippen molar-refractivity contribution in [3.8, 4) is 11.1 Å². The van der Waals surface area contributed by atoms with E-state index in [9.17, 15) is 21.6 Å². The van der Waals surface area contributed by atoms with Gasteiger partial charge in [-0.05, 0) is 53.5 Å². The number of hydrogen-bond donors (Lipinski definition) is 1. The topological polar surface area (TPSA) is 68.3 Å². The summed E-state index contributed by atoms with van der Waals surface area (Å²) >= 11 is 0. The Morgan fingerprint density at radius 3 is 2.29 bits per heavy atom. The molecule has 0 bridgehead atoms. The third-order valence-electron chi connectivity index (χ3n) is 5.87. The van der Waals surface area contributed by atoms with Crippen LogP contribution in [0.1, 0.15) is 28.9 Å². The first kappa shape index (κ1) is 24.8. The zero-order chi connectivity index (χ0) is 25.3. The minimum absolute atomic E-state index is 0.0785. The maximum atomic E-state index is 13.5. The smallest absolute Gasteiger partial charge is 0.290 e. The Bertz CT molecular complexity index is 1380. The summed E-state index contributed by atoms with van der Waals surface area (Å²) in [6, 6.07) is 17.4. The molecule has 3 aromatic rings. The van der Waals surface area contributed by atoms with Crippen LogP contribution >= 0.6 is 0 Å². The number of nitrogens with zero attached hydrogens (tertiary/aromatic N) is 1. The van der Waals surface area contributed by atoms with Crippen LogP contribution in [0.2, 0.25) is 0 Å².